The summed E-state index contributed by atoms with van der Waals surface area (Å²) in [5.74, 6) is 0. The zero-order valence-corrected chi connectivity index (χ0v) is 7.45. The summed E-state index contributed by atoms with van der Waals surface area (Å²) in [4.78, 5) is 0. The Hall–Kier alpha value is -1.62. The van der Waals surface area contributed by atoms with Gasteiger partial charge < -0.3 is 0 Å². The van der Waals surface area contributed by atoms with E-state index >= 15 is 0 Å². The van der Waals surface area contributed by atoms with E-state index in [-0.39, 0.29) is 0 Å². The monoisotopic (exact) mass is 190 g/mol. The summed E-state index contributed by atoms with van der Waals surface area (Å²) in [6.45, 7) is 0. The molecule has 4 nitrogen and oxygen atoms in total. The van der Waals surface area contributed by atoms with Crippen molar-refractivity contribution in [2.75, 3.05) is 0 Å². The van der Waals surface area contributed by atoms with Crippen LogP contribution in [-0.4, -0.2) is 20.4 Å². The minimum atomic E-state index is 0.586. The first kappa shape index (κ1) is 8.00. The van der Waals surface area contributed by atoms with Crippen LogP contribution >= 0.6 is 12.2 Å². The van der Waals surface area contributed by atoms with E-state index in [9.17, 15) is 0 Å². The molecule has 0 aliphatic carbocycles. The van der Waals surface area contributed by atoms with Gasteiger partial charge in [0.2, 0.25) is 0 Å². The van der Waals surface area contributed by atoms with Crippen molar-refractivity contribution >= 4 is 12.2 Å². The van der Waals surface area contributed by atoms with Crippen LogP contribution in [0.3, 0.4) is 0 Å². The van der Waals surface area contributed by atoms with Gasteiger partial charge in [0.05, 0.1) is 11.9 Å². The van der Waals surface area contributed by atoms with Crippen molar-refractivity contribution < 1.29 is 0 Å². The van der Waals surface area contributed by atoms with Crippen LogP contribution < -0.4 is 0 Å². The maximum Gasteiger partial charge on any atom is 0.120 e. The third-order valence-corrected chi connectivity index (χ3v) is 1.74. The third-order valence-electron chi connectivity index (χ3n) is 1.53. The second-order valence-corrected chi connectivity index (χ2v) is 2.88. The molecule has 2 aromatic heterocycles. The van der Waals surface area contributed by atoms with Crippen LogP contribution in [0.5, 0.6) is 0 Å². The highest BCUT2D eigenvalue weighted by Crippen LogP contribution is 2.12. The van der Waals surface area contributed by atoms with E-state index in [1.807, 2.05) is 12.1 Å². The van der Waals surface area contributed by atoms with Gasteiger partial charge in [-0.2, -0.15) is 15.3 Å². The minimum absolute atomic E-state index is 0.586. The molecule has 13 heavy (non-hydrogen) atoms. The highest BCUT2D eigenvalue weighted by Gasteiger charge is 1.97. The Morgan fingerprint density at radius 3 is 3.00 bits per heavy atom. The van der Waals surface area contributed by atoms with Gasteiger partial charge in [0.25, 0.3) is 0 Å². The molecule has 1 N–H and O–H groups in total. The molecule has 0 spiro atoms. The first-order chi connectivity index (χ1) is 6.36. The summed E-state index contributed by atoms with van der Waals surface area (Å²) in [6.07, 6.45) is 3.29. The van der Waals surface area contributed by atoms with E-state index in [1.54, 1.807) is 18.5 Å². The molecule has 0 fully saturated rings. The summed E-state index contributed by atoms with van der Waals surface area (Å²) in [6, 6.07) is 5.48. The molecule has 2 rings (SSSR count). The second-order valence-electron chi connectivity index (χ2n) is 2.44. The molecule has 0 atom stereocenters. The molecule has 0 saturated heterocycles. The van der Waals surface area contributed by atoms with E-state index in [4.69, 9.17) is 12.2 Å². The van der Waals surface area contributed by atoms with Gasteiger partial charge in [0, 0.05) is 11.8 Å². The maximum absolute atomic E-state index is 4.93. The van der Waals surface area contributed by atoms with Crippen LogP contribution in [0.25, 0.3) is 11.3 Å². The summed E-state index contributed by atoms with van der Waals surface area (Å²) < 4.78 is 0.586. The first-order valence-electron chi connectivity index (χ1n) is 3.69. The van der Waals surface area contributed by atoms with Crippen molar-refractivity contribution in [3.63, 3.8) is 0 Å². The Labute approximate surface area is 79.7 Å². The standard InChI is InChI=1S/C8H6N4S/c13-8-4-6(5-10-12-8)7-2-1-3-9-11-7/h1-5H,(H,12,13). The van der Waals surface area contributed by atoms with Gasteiger partial charge in [-0.15, -0.1) is 0 Å². The molecule has 0 unspecified atom stereocenters. The fourth-order valence-electron chi connectivity index (χ4n) is 0.972. The summed E-state index contributed by atoms with van der Waals surface area (Å²) >= 11 is 4.93. The predicted molar refractivity (Wildman–Crippen MR) is 50.4 cm³/mol. The maximum atomic E-state index is 4.93. The van der Waals surface area contributed by atoms with E-state index in [0.29, 0.717) is 4.64 Å². The Morgan fingerprint density at radius 1 is 1.38 bits per heavy atom. The van der Waals surface area contributed by atoms with E-state index in [1.165, 1.54) is 0 Å². The molecule has 64 valence electrons. The number of hydrogen-bond acceptors (Lipinski definition) is 4. The largest absolute Gasteiger partial charge is 0.268 e. The zero-order valence-electron chi connectivity index (χ0n) is 6.64. The lowest BCUT2D eigenvalue weighted by molar-refractivity contribution is 0.999. The molecular weight excluding hydrogens is 184 g/mol. The predicted octanol–water partition coefficient (Wildman–Crippen LogP) is 1.60. The lowest BCUT2D eigenvalue weighted by atomic mass is 10.2. The zero-order chi connectivity index (χ0) is 9.10. The van der Waals surface area contributed by atoms with Gasteiger partial charge in [0.1, 0.15) is 4.64 Å². The SMILES string of the molecule is S=c1cc(-c2cccnn2)cn[nH]1. The molecule has 0 amide bonds. The van der Waals surface area contributed by atoms with Crippen LogP contribution in [-0.2, 0) is 0 Å². The molecule has 2 heterocycles. The Bertz CT molecular complexity index is 451. The van der Waals surface area contributed by atoms with Gasteiger partial charge in [-0.1, -0.05) is 12.2 Å². The summed E-state index contributed by atoms with van der Waals surface area (Å²) in [5, 5.41) is 14.2. The van der Waals surface area contributed by atoms with E-state index < -0.39 is 0 Å². The highest BCUT2D eigenvalue weighted by atomic mass is 32.1. The molecule has 5 heteroatoms. The van der Waals surface area contributed by atoms with Crippen molar-refractivity contribution in [2.24, 2.45) is 0 Å². The van der Waals surface area contributed by atoms with Crippen LogP contribution in [0.2, 0.25) is 0 Å². The quantitative estimate of drug-likeness (QED) is 0.694. The smallest absolute Gasteiger partial charge is 0.120 e. The number of aromatic amines is 1. The van der Waals surface area contributed by atoms with E-state index in [2.05, 4.69) is 20.4 Å². The van der Waals surface area contributed by atoms with E-state index in [0.717, 1.165) is 11.3 Å². The Kier molecular flexibility index (Phi) is 2.09. The van der Waals surface area contributed by atoms with Crippen LogP contribution in [0, 0.1) is 4.64 Å². The van der Waals surface area contributed by atoms with Crippen LogP contribution in [0.1, 0.15) is 0 Å². The molecule has 0 aromatic carbocycles. The average molecular weight is 190 g/mol. The molecule has 0 radical (unpaired) electrons. The summed E-state index contributed by atoms with van der Waals surface area (Å²) in [7, 11) is 0. The minimum Gasteiger partial charge on any atom is -0.268 e. The van der Waals surface area contributed by atoms with Gasteiger partial charge in [0.15, 0.2) is 0 Å². The molecule has 0 bridgehead atoms. The van der Waals surface area contributed by atoms with Gasteiger partial charge in [-0.25, -0.2) is 0 Å². The molecular formula is C8H6N4S. The van der Waals surface area contributed by atoms with Crippen molar-refractivity contribution in [1.29, 1.82) is 0 Å². The van der Waals surface area contributed by atoms with Crippen molar-refractivity contribution in [1.82, 2.24) is 20.4 Å². The lowest BCUT2D eigenvalue weighted by Crippen LogP contribution is -1.88. The molecule has 2 aromatic rings. The Morgan fingerprint density at radius 2 is 2.31 bits per heavy atom. The normalized spacial score (nSPS) is 9.85. The average Bonchev–Trinajstić information content (AvgIpc) is 2.19. The van der Waals surface area contributed by atoms with Gasteiger partial charge in [-0.3, -0.25) is 5.10 Å². The third kappa shape index (κ3) is 1.75. The number of H-pyrrole nitrogens is 1. The number of aromatic nitrogens is 4. The van der Waals surface area contributed by atoms with Crippen molar-refractivity contribution in [3.8, 4) is 11.3 Å². The fourth-order valence-corrected chi connectivity index (χ4v) is 1.15. The van der Waals surface area contributed by atoms with Crippen LogP contribution in [0.4, 0.5) is 0 Å². The van der Waals surface area contributed by atoms with Crippen molar-refractivity contribution in [3.05, 3.63) is 35.2 Å². The first-order valence-corrected chi connectivity index (χ1v) is 4.10. The molecule has 0 saturated carbocycles. The molecule has 0 aliphatic rings. The highest BCUT2D eigenvalue weighted by molar-refractivity contribution is 7.71. The van der Waals surface area contributed by atoms with Crippen molar-refractivity contribution in [2.45, 2.75) is 0 Å². The van der Waals surface area contributed by atoms with Crippen LogP contribution in [0.15, 0.2) is 30.6 Å². The number of rotatable bonds is 1. The molecule has 0 aliphatic heterocycles. The fraction of sp³-hybridized carbons (Fsp3) is 0. The second kappa shape index (κ2) is 3.40. The lowest BCUT2D eigenvalue weighted by Gasteiger charge is -1.96. The number of nitrogens with zero attached hydrogens (tertiary/aromatic N) is 3. The van der Waals surface area contributed by atoms with Gasteiger partial charge in [-0.05, 0) is 18.2 Å². The Balaban J connectivity index is 2.54. The number of hydrogen-bond donors (Lipinski definition) is 1. The number of nitrogens with one attached hydrogen (secondary N) is 1. The van der Waals surface area contributed by atoms with Gasteiger partial charge >= 0.3 is 0 Å². The topological polar surface area (TPSA) is 54.5 Å². The summed E-state index contributed by atoms with van der Waals surface area (Å²) in [5.41, 5.74) is 1.65.